The maximum Gasteiger partial charge on any atom is 0.227 e. The molecule has 172 valence electrons. The first-order valence-electron chi connectivity index (χ1n) is 11.6. The van der Waals surface area contributed by atoms with Crippen molar-refractivity contribution in [2.24, 2.45) is 0 Å². The summed E-state index contributed by atoms with van der Waals surface area (Å²) in [5.74, 6) is 1.27. The Morgan fingerprint density at radius 2 is 1.94 bits per heavy atom. The molecule has 3 aromatic rings. The summed E-state index contributed by atoms with van der Waals surface area (Å²) in [7, 11) is 2.15. The Morgan fingerprint density at radius 3 is 2.76 bits per heavy atom. The van der Waals surface area contributed by atoms with E-state index in [9.17, 15) is 0 Å². The fraction of sp³-hybridized carbons (Fsp3) is 0.423. The van der Waals surface area contributed by atoms with E-state index in [0.29, 0.717) is 11.0 Å². The number of aromatic nitrogens is 3. The largest absolute Gasteiger partial charge is 0.488 e. The molecule has 5 rings (SSSR count). The van der Waals surface area contributed by atoms with E-state index < -0.39 is 0 Å². The minimum atomic E-state index is 0.146. The van der Waals surface area contributed by atoms with Crippen LogP contribution in [0.1, 0.15) is 44.4 Å². The highest BCUT2D eigenvalue weighted by Gasteiger charge is 2.31. The van der Waals surface area contributed by atoms with Gasteiger partial charge in [0, 0.05) is 41.8 Å². The zero-order chi connectivity index (χ0) is 23.0. The Bertz CT molecular complexity index is 1160. The minimum absolute atomic E-state index is 0.146. The van der Waals surface area contributed by atoms with Gasteiger partial charge in [0.15, 0.2) is 0 Å². The van der Waals surface area contributed by atoms with Crippen molar-refractivity contribution in [3.8, 4) is 17.0 Å². The number of ether oxygens (including phenoxy) is 1. The van der Waals surface area contributed by atoms with E-state index in [4.69, 9.17) is 26.3 Å². The molecule has 0 amide bonds. The molecule has 7 heteroatoms. The number of likely N-dealkylation sites (tertiary alicyclic amines) is 1. The molecule has 33 heavy (non-hydrogen) atoms. The van der Waals surface area contributed by atoms with E-state index in [0.717, 1.165) is 61.5 Å². The number of rotatable bonds is 5. The van der Waals surface area contributed by atoms with Gasteiger partial charge in [-0.05, 0) is 74.0 Å². The van der Waals surface area contributed by atoms with E-state index in [1.165, 1.54) is 11.3 Å². The molecule has 0 unspecified atom stereocenters. The zero-order valence-corrected chi connectivity index (χ0v) is 20.2. The minimum Gasteiger partial charge on any atom is -0.488 e. The van der Waals surface area contributed by atoms with E-state index >= 15 is 0 Å². The summed E-state index contributed by atoms with van der Waals surface area (Å²) in [6.45, 7) is 6.64. The van der Waals surface area contributed by atoms with Gasteiger partial charge < -0.3 is 15.0 Å². The third-order valence-electron chi connectivity index (χ3n) is 6.78. The quantitative estimate of drug-likeness (QED) is 0.528. The number of piperidine rings is 1. The molecule has 2 aromatic heterocycles. The number of fused-ring (bicyclic) bond motifs is 1. The fourth-order valence-corrected chi connectivity index (χ4v) is 4.84. The Labute approximate surface area is 200 Å². The summed E-state index contributed by atoms with van der Waals surface area (Å²) in [5, 5.41) is 3.96. The normalized spacial score (nSPS) is 18.2. The molecule has 1 aromatic carbocycles. The van der Waals surface area contributed by atoms with Crippen LogP contribution in [0.5, 0.6) is 5.75 Å². The van der Waals surface area contributed by atoms with Crippen LogP contribution in [-0.2, 0) is 11.8 Å². The third kappa shape index (κ3) is 4.82. The molecule has 1 saturated heterocycles. The number of benzene rings is 1. The summed E-state index contributed by atoms with van der Waals surface area (Å²) < 4.78 is 6.34. The third-order valence-corrected chi connectivity index (χ3v) is 7.02. The highest BCUT2D eigenvalue weighted by atomic mass is 35.5. The smallest absolute Gasteiger partial charge is 0.227 e. The molecular weight excluding hydrogens is 434 g/mol. The van der Waals surface area contributed by atoms with E-state index in [2.05, 4.69) is 42.2 Å². The molecule has 2 aliphatic rings. The second-order valence-corrected chi connectivity index (χ2v) is 10.2. The average Bonchev–Trinajstić information content (AvgIpc) is 3.11. The van der Waals surface area contributed by atoms with Gasteiger partial charge in [0.1, 0.15) is 11.9 Å². The predicted molar refractivity (Wildman–Crippen MR) is 132 cm³/mol. The lowest BCUT2D eigenvalue weighted by Crippen LogP contribution is -2.35. The van der Waals surface area contributed by atoms with Crippen LogP contribution in [0.15, 0.2) is 42.7 Å². The van der Waals surface area contributed by atoms with Crippen LogP contribution in [0.4, 0.5) is 11.6 Å². The Balaban J connectivity index is 1.39. The maximum absolute atomic E-state index is 6.34. The van der Waals surface area contributed by atoms with Crippen LogP contribution >= 0.6 is 11.6 Å². The molecule has 0 atom stereocenters. The number of anilines is 2. The first-order chi connectivity index (χ1) is 15.9. The number of hydrogen-bond donors (Lipinski definition) is 1. The van der Waals surface area contributed by atoms with Gasteiger partial charge in [-0.2, -0.15) is 0 Å². The van der Waals surface area contributed by atoms with Crippen molar-refractivity contribution in [2.75, 3.05) is 25.5 Å². The van der Waals surface area contributed by atoms with Crippen LogP contribution in [0.3, 0.4) is 0 Å². The molecule has 1 aliphatic carbocycles. The first kappa shape index (κ1) is 22.1. The topological polar surface area (TPSA) is 63.2 Å². The van der Waals surface area contributed by atoms with Crippen molar-refractivity contribution < 1.29 is 4.74 Å². The van der Waals surface area contributed by atoms with Gasteiger partial charge in [-0.3, -0.25) is 4.98 Å². The first-order valence-corrected chi connectivity index (χ1v) is 12.0. The Kier molecular flexibility index (Phi) is 5.97. The summed E-state index contributed by atoms with van der Waals surface area (Å²) in [5.41, 5.74) is 5.27. The second kappa shape index (κ2) is 8.92. The number of hydrogen-bond acceptors (Lipinski definition) is 6. The van der Waals surface area contributed by atoms with Gasteiger partial charge in [-0.1, -0.05) is 25.4 Å². The Morgan fingerprint density at radius 1 is 1.12 bits per heavy atom. The molecule has 1 aliphatic heterocycles. The van der Waals surface area contributed by atoms with Crippen molar-refractivity contribution in [2.45, 2.75) is 51.0 Å². The lowest BCUT2D eigenvalue weighted by molar-refractivity contribution is 0.115. The molecule has 0 radical (unpaired) electrons. The summed E-state index contributed by atoms with van der Waals surface area (Å²) in [6, 6.07) is 9.78. The van der Waals surface area contributed by atoms with E-state index in [-0.39, 0.29) is 11.5 Å². The standard InChI is InChI=1S/C26H30ClN5O/c1-26(2)10-6-22-20(26)14-17(16-29-22)21-7-11-28-25(30-21)31-23-15-18(27)4-5-24(23)33-19-8-12-32(3)13-9-19/h4-5,7,11,14-16,19H,6,8-10,12-13H2,1-3H3,(H,28,30,31). The van der Waals surface area contributed by atoms with Gasteiger partial charge in [0.2, 0.25) is 5.95 Å². The molecule has 1 N–H and O–H groups in total. The number of halogens is 1. The molecule has 1 fully saturated rings. The number of nitrogens with zero attached hydrogens (tertiary/aromatic N) is 4. The van der Waals surface area contributed by atoms with Gasteiger partial charge in [0.25, 0.3) is 0 Å². The summed E-state index contributed by atoms with van der Waals surface area (Å²) in [6.07, 6.45) is 8.05. The van der Waals surface area contributed by atoms with Crippen LogP contribution in [-0.4, -0.2) is 46.1 Å². The van der Waals surface area contributed by atoms with Crippen LogP contribution in [0.2, 0.25) is 5.02 Å². The highest BCUT2D eigenvalue weighted by molar-refractivity contribution is 6.31. The zero-order valence-electron chi connectivity index (χ0n) is 19.4. The van der Waals surface area contributed by atoms with Crippen molar-refractivity contribution in [3.05, 3.63) is 59.0 Å². The van der Waals surface area contributed by atoms with Crippen molar-refractivity contribution in [1.29, 1.82) is 0 Å². The number of nitrogens with one attached hydrogen (secondary N) is 1. The van der Waals surface area contributed by atoms with Gasteiger partial charge in [-0.25, -0.2) is 9.97 Å². The molecule has 3 heterocycles. The van der Waals surface area contributed by atoms with Crippen LogP contribution < -0.4 is 10.1 Å². The SMILES string of the molecule is CN1CCC(Oc2ccc(Cl)cc2Nc2nccc(-c3cnc4c(c3)C(C)(C)CC4)n2)CC1. The predicted octanol–water partition coefficient (Wildman–Crippen LogP) is 5.63. The van der Waals surface area contributed by atoms with Crippen LogP contribution in [0.25, 0.3) is 11.3 Å². The molecule has 0 saturated carbocycles. The molecule has 0 bridgehead atoms. The number of pyridine rings is 1. The molecule has 6 nitrogen and oxygen atoms in total. The van der Waals surface area contributed by atoms with Gasteiger partial charge >= 0.3 is 0 Å². The number of aryl methyl sites for hydroxylation is 1. The lowest BCUT2D eigenvalue weighted by atomic mass is 9.86. The highest BCUT2D eigenvalue weighted by Crippen LogP contribution is 2.39. The lowest BCUT2D eigenvalue weighted by Gasteiger charge is -2.30. The Hall–Kier alpha value is -2.70. The molecule has 0 spiro atoms. The van der Waals surface area contributed by atoms with E-state index in [1.807, 2.05) is 30.5 Å². The maximum atomic E-state index is 6.34. The average molecular weight is 464 g/mol. The molecular formula is C26H30ClN5O. The monoisotopic (exact) mass is 463 g/mol. The van der Waals surface area contributed by atoms with Crippen molar-refractivity contribution >= 4 is 23.2 Å². The van der Waals surface area contributed by atoms with Gasteiger partial charge in [0.05, 0.1) is 11.4 Å². The van der Waals surface area contributed by atoms with Gasteiger partial charge in [-0.15, -0.1) is 0 Å². The summed E-state index contributed by atoms with van der Waals surface area (Å²) in [4.78, 5) is 16.3. The second-order valence-electron chi connectivity index (χ2n) is 9.75. The van der Waals surface area contributed by atoms with Crippen molar-refractivity contribution in [1.82, 2.24) is 19.9 Å². The summed E-state index contributed by atoms with van der Waals surface area (Å²) >= 11 is 6.30. The van der Waals surface area contributed by atoms with Crippen molar-refractivity contribution in [3.63, 3.8) is 0 Å². The van der Waals surface area contributed by atoms with E-state index in [1.54, 1.807) is 6.20 Å². The van der Waals surface area contributed by atoms with Crippen LogP contribution in [0, 0.1) is 0 Å². The fourth-order valence-electron chi connectivity index (χ4n) is 4.67.